The van der Waals surface area contributed by atoms with Gasteiger partial charge in [0.25, 0.3) is 0 Å². The summed E-state index contributed by atoms with van der Waals surface area (Å²) < 4.78 is 0. The molecule has 0 rings (SSSR count). The van der Waals surface area contributed by atoms with Crippen LogP contribution in [0.3, 0.4) is 0 Å². The molecule has 0 radical (unpaired) electrons. The number of carbonyl (C=O) groups excluding carboxylic acids is 1. The molecule has 4 nitrogen and oxygen atoms in total. The van der Waals surface area contributed by atoms with Gasteiger partial charge in [-0.15, -0.1) is 0 Å². The zero-order chi connectivity index (χ0) is 8.69. The van der Waals surface area contributed by atoms with Crippen LogP contribution in [-0.2, 0) is 4.79 Å². The highest BCUT2D eigenvalue weighted by molar-refractivity contribution is 5.76. The van der Waals surface area contributed by atoms with Crippen LogP contribution in [0.25, 0.3) is 0 Å². The first kappa shape index (κ1) is 9.92. The molecule has 0 aromatic heterocycles. The van der Waals surface area contributed by atoms with E-state index in [9.17, 15) is 4.79 Å². The van der Waals surface area contributed by atoms with E-state index >= 15 is 0 Å². The molecular weight excluding hydrogens is 142 g/mol. The molecule has 3 N–H and O–H groups in total. The molecule has 0 aliphatic heterocycles. The van der Waals surface area contributed by atoms with Crippen molar-refractivity contribution in [3.05, 3.63) is 0 Å². The van der Waals surface area contributed by atoms with E-state index in [2.05, 4.69) is 5.32 Å². The van der Waals surface area contributed by atoms with E-state index in [1.165, 1.54) is 0 Å². The standard InChI is InChI=1S/C7H13N3O/c1-6(9)5-7(11)10-4-2-3-8/h6H,2,4-5,9H2,1H3,(H,10,11). The topological polar surface area (TPSA) is 78.9 Å². The zero-order valence-corrected chi connectivity index (χ0v) is 6.63. The molecule has 0 bridgehead atoms. The molecule has 0 saturated heterocycles. The molecule has 0 aliphatic rings. The van der Waals surface area contributed by atoms with E-state index in [0.29, 0.717) is 19.4 Å². The Morgan fingerprint density at radius 3 is 2.91 bits per heavy atom. The first-order valence-electron chi connectivity index (χ1n) is 3.56. The van der Waals surface area contributed by atoms with E-state index in [1.54, 1.807) is 6.92 Å². The smallest absolute Gasteiger partial charge is 0.221 e. The Bertz CT molecular complexity index is 160. The lowest BCUT2D eigenvalue weighted by molar-refractivity contribution is -0.121. The highest BCUT2D eigenvalue weighted by Gasteiger charge is 2.02. The van der Waals surface area contributed by atoms with Gasteiger partial charge in [-0.1, -0.05) is 0 Å². The summed E-state index contributed by atoms with van der Waals surface area (Å²) in [4.78, 5) is 10.8. The van der Waals surface area contributed by atoms with Crippen molar-refractivity contribution < 1.29 is 4.79 Å². The second-order valence-electron chi connectivity index (χ2n) is 2.44. The number of nitrogens with two attached hydrogens (primary N) is 1. The molecule has 1 unspecified atom stereocenters. The third kappa shape index (κ3) is 6.81. The molecule has 0 aromatic carbocycles. The van der Waals surface area contributed by atoms with Gasteiger partial charge < -0.3 is 11.1 Å². The van der Waals surface area contributed by atoms with Gasteiger partial charge in [-0.05, 0) is 6.92 Å². The molecule has 1 amide bonds. The summed E-state index contributed by atoms with van der Waals surface area (Å²) in [7, 11) is 0. The number of hydrogen-bond acceptors (Lipinski definition) is 3. The molecule has 4 heteroatoms. The molecule has 0 aliphatic carbocycles. The van der Waals surface area contributed by atoms with Crippen LogP contribution in [-0.4, -0.2) is 18.5 Å². The van der Waals surface area contributed by atoms with Crippen molar-refractivity contribution in [3.63, 3.8) is 0 Å². The minimum atomic E-state index is -0.114. The molecule has 0 fully saturated rings. The Balaban J connectivity index is 3.32. The lowest BCUT2D eigenvalue weighted by Crippen LogP contribution is -2.30. The summed E-state index contributed by atoms with van der Waals surface area (Å²) in [5.41, 5.74) is 5.37. The fraction of sp³-hybridized carbons (Fsp3) is 0.714. The van der Waals surface area contributed by atoms with E-state index in [1.807, 2.05) is 6.07 Å². The molecule has 0 aromatic rings. The van der Waals surface area contributed by atoms with Crippen molar-refractivity contribution in [2.45, 2.75) is 25.8 Å². The second-order valence-corrected chi connectivity index (χ2v) is 2.44. The minimum absolute atomic E-state index is 0.0877. The molecule has 0 heterocycles. The highest BCUT2D eigenvalue weighted by atomic mass is 16.1. The molecule has 1 atom stereocenters. The molecular formula is C7H13N3O. The van der Waals surface area contributed by atoms with Crippen LogP contribution in [0.15, 0.2) is 0 Å². The average Bonchev–Trinajstić information content (AvgIpc) is 1.86. The van der Waals surface area contributed by atoms with Crippen molar-refractivity contribution in [1.29, 1.82) is 5.26 Å². The van der Waals surface area contributed by atoms with E-state index in [4.69, 9.17) is 11.0 Å². The van der Waals surface area contributed by atoms with Crippen molar-refractivity contribution in [2.75, 3.05) is 6.54 Å². The van der Waals surface area contributed by atoms with Crippen LogP contribution in [0.2, 0.25) is 0 Å². The van der Waals surface area contributed by atoms with Crippen LogP contribution in [0.1, 0.15) is 19.8 Å². The number of amides is 1. The fourth-order valence-corrected chi connectivity index (χ4v) is 0.622. The highest BCUT2D eigenvalue weighted by Crippen LogP contribution is 1.84. The van der Waals surface area contributed by atoms with E-state index in [-0.39, 0.29) is 11.9 Å². The van der Waals surface area contributed by atoms with Crippen LogP contribution in [0.4, 0.5) is 0 Å². The Morgan fingerprint density at radius 1 is 1.82 bits per heavy atom. The zero-order valence-electron chi connectivity index (χ0n) is 6.63. The summed E-state index contributed by atoms with van der Waals surface area (Å²) >= 11 is 0. The van der Waals surface area contributed by atoms with Gasteiger partial charge in [0.05, 0.1) is 12.5 Å². The quantitative estimate of drug-likeness (QED) is 0.549. The van der Waals surface area contributed by atoms with Crippen molar-refractivity contribution in [1.82, 2.24) is 5.32 Å². The van der Waals surface area contributed by atoms with Gasteiger partial charge in [0, 0.05) is 19.0 Å². The number of carbonyl (C=O) groups is 1. The summed E-state index contributed by atoms with van der Waals surface area (Å²) in [5.74, 6) is -0.0877. The number of nitriles is 1. The summed E-state index contributed by atoms with van der Waals surface area (Å²) in [6.45, 7) is 2.19. The average molecular weight is 155 g/mol. The van der Waals surface area contributed by atoms with E-state index in [0.717, 1.165) is 0 Å². The summed E-state index contributed by atoms with van der Waals surface area (Å²) in [5, 5.41) is 10.7. The SMILES string of the molecule is CC(N)CC(=O)NCCC#N. The monoisotopic (exact) mass is 155 g/mol. The van der Waals surface area contributed by atoms with Gasteiger partial charge in [0.2, 0.25) is 5.91 Å². The lowest BCUT2D eigenvalue weighted by atomic mass is 10.2. The lowest BCUT2D eigenvalue weighted by Gasteiger charge is -2.04. The largest absolute Gasteiger partial charge is 0.355 e. The number of rotatable bonds is 4. The second kappa shape index (κ2) is 5.69. The first-order chi connectivity index (χ1) is 5.16. The predicted octanol–water partition coefficient (Wildman–Crippen LogP) is -0.246. The van der Waals surface area contributed by atoms with Gasteiger partial charge in [0.1, 0.15) is 0 Å². The van der Waals surface area contributed by atoms with Crippen LogP contribution in [0.5, 0.6) is 0 Å². The van der Waals surface area contributed by atoms with Gasteiger partial charge in [0.15, 0.2) is 0 Å². The Labute approximate surface area is 66.4 Å². The minimum Gasteiger partial charge on any atom is -0.355 e. The normalized spacial score (nSPS) is 11.7. The van der Waals surface area contributed by atoms with Crippen molar-refractivity contribution in [3.8, 4) is 6.07 Å². The molecule has 62 valence electrons. The number of nitrogens with zero attached hydrogens (tertiary/aromatic N) is 1. The van der Waals surface area contributed by atoms with Crippen molar-refractivity contribution in [2.24, 2.45) is 5.73 Å². The van der Waals surface area contributed by atoms with Crippen LogP contribution >= 0.6 is 0 Å². The third-order valence-electron chi connectivity index (χ3n) is 1.07. The Hall–Kier alpha value is -1.08. The maximum atomic E-state index is 10.8. The van der Waals surface area contributed by atoms with Crippen molar-refractivity contribution >= 4 is 5.91 Å². The molecule has 0 spiro atoms. The molecule has 0 saturated carbocycles. The van der Waals surface area contributed by atoms with Gasteiger partial charge in [-0.3, -0.25) is 4.79 Å². The summed E-state index contributed by atoms with van der Waals surface area (Å²) in [6, 6.07) is 1.82. The van der Waals surface area contributed by atoms with E-state index < -0.39 is 0 Å². The van der Waals surface area contributed by atoms with Crippen LogP contribution in [0, 0.1) is 11.3 Å². The van der Waals surface area contributed by atoms with Gasteiger partial charge in [-0.25, -0.2) is 0 Å². The fourth-order valence-electron chi connectivity index (χ4n) is 0.622. The summed E-state index contributed by atoms with van der Waals surface area (Å²) in [6.07, 6.45) is 0.677. The predicted molar refractivity (Wildman–Crippen MR) is 41.5 cm³/mol. The number of nitrogens with one attached hydrogen (secondary N) is 1. The van der Waals surface area contributed by atoms with Crippen LogP contribution < -0.4 is 11.1 Å². The third-order valence-corrected chi connectivity index (χ3v) is 1.07. The maximum absolute atomic E-state index is 10.8. The molecule has 11 heavy (non-hydrogen) atoms. The van der Waals surface area contributed by atoms with Gasteiger partial charge >= 0.3 is 0 Å². The Kier molecular flexibility index (Phi) is 5.13. The maximum Gasteiger partial charge on any atom is 0.221 e. The first-order valence-corrected chi connectivity index (χ1v) is 3.56. The number of hydrogen-bond donors (Lipinski definition) is 2. The Morgan fingerprint density at radius 2 is 2.45 bits per heavy atom. The van der Waals surface area contributed by atoms with Gasteiger partial charge in [-0.2, -0.15) is 5.26 Å².